The minimum absolute atomic E-state index is 0.0913. The lowest BCUT2D eigenvalue weighted by molar-refractivity contribution is 0.103. The second-order valence-corrected chi connectivity index (χ2v) is 5.60. The van der Waals surface area contributed by atoms with E-state index >= 15 is 0 Å². The summed E-state index contributed by atoms with van der Waals surface area (Å²) in [6, 6.07) is 9.27. The molecule has 1 aromatic heterocycles. The van der Waals surface area contributed by atoms with E-state index in [2.05, 4.69) is 12.2 Å². The topological polar surface area (TPSA) is 47.6 Å². The molecule has 1 N–H and O–H groups in total. The van der Waals surface area contributed by atoms with Crippen LogP contribution in [0.4, 0.5) is 5.69 Å². The molecule has 0 bridgehead atoms. The van der Waals surface area contributed by atoms with Crippen molar-refractivity contribution in [2.24, 2.45) is 0 Å². The van der Waals surface area contributed by atoms with Gasteiger partial charge in [-0.05, 0) is 30.7 Å². The number of aryl methyl sites for hydroxylation is 1. The van der Waals surface area contributed by atoms with Crippen molar-refractivity contribution < 1.29 is 14.3 Å². The van der Waals surface area contributed by atoms with Gasteiger partial charge in [0.1, 0.15) is 13.2 Å². The third kappa shape index (κ3) is 2.63. The molecule has 1 aromatic carbocycles. The molecule has 2 heterocycles. The molecule has 2 aromatic rings. The molecule has 0 fully saturated rings. The number of ether oxygens (including phenoxy) is 2. The van der Waals surface area contributed by atoms with E-state index in [1.807, 2.05) is 24.3 Å². The van der Waals surface area contributed by atoms with E-state index in [0.29, 0.717) is 24.7 Å². The Morgan fingerprint density at radius 3 is 2.75 bits per heavy atom. The lowest BCUT2D eigenvalue weighted by Crippen LogP contribution is -2.16. The molecule has 20 heavy (non-hydrogen) atoms. The summed E-state index contributed by atoms with van der Waals surface area (Å²) in [5.74, 6) is 1.31. The van der Waals surface area contributed by atoms with Crippen LogP contribution in [0.5, 0.6) is 11.5 Å². The van der Waals surface area contributed by atoms with Gasteiger partial charge in [-0.1, -0.05) is 6.92 Å². The number of benzene rings is 1. The molecule has 4 nitrogen and oxygen atoms in total. The number of nitrogens with one attached hydrogen (secondary N) is 1. The summed E-state index contributed by atoms with van der Waals surface area (Å²) in [6.45, 7) is 3.18. The van der Waals surface area contributed by atoms with Gasteiger partial charge in [-0.15, -0.1) is 11.3 Å². The molecule has 5 heteroatoms. The summed E-state index contributed by atoms with van der Waals surface area (Å²) in [4.78, 5) is 14.1. The van der Waals surface area contributed by atoms with Gasteiger partial charge in [-0.25, -0.2) is 0 Å². The van der Waals surface area contributed by atoms with Crippen LogP contribution in [-0.2, 0) is 6.42 Å². The molecule has 1 amide bonds. The van der Waals surface area contributed by atoms with Gasteiger partial charge in [0.2, 0.25) is 0 Å². The number of hydrogen-bond donors (Lipinski definition) is 1. The quantitative estimate of drug-likeness (QED) is 0.942. The second kappa shape index (κ2) is 5.54. The number of hydrogen-bond acceptors (Lipinski definition) is 4. The van der Waals surface area contributed by atoms with Crippen molar-refractivity contribution in [2.45, 2.75) is 13.3 Å². The second-order valence-electron chi connectivity index (χ2n) is 4.43. The summed E-state index contributed by atoms with van der Waals surface area (Å²) < 4.78 is 10.9. The fourth-order valence-electron chi connectivity index (χ4n) is 2.00. The highest BCUT2D eigenvalue weighted by Gasteiger charge is 2.14. The van der Waals surface area contributed by atoms with Gasteiger partial charge in [-0.3, -0.25) is 4.79 Å². The number of fused-ring (bicyclic) bond motifs is 1. The fraction of sp³-hybridized carbons (Fsp3) is 0.267. The molecule has 0 radical (unpaired) electrons. The maximum absolute atomic E-state index is 12.1. The zero-order chi connectivity index (χ0) is 13.9. The molecule has 1 aliphatic rings. The average molecular weight is 289 g/mol. The van der Waals surface area contributed by atoms with Crippen molar-refractivity contribution in [3.05, 3.63) is 40.1 Å². The van der Waals surface area contributed by atoms with Gasteiger partial charge < -0.3 is 14.8 Å². The largest absolute Gasteiger partial charge is 0.486 e. The number of rotatable bonds is 3. The summed E-state index contributed by atoms with van der Waals surface area (Å²) in [6.07, 6.45) is 0.946. The molecule has 0 saturated heterocycles. The zero-order valence-corrected chi connectivity index (χ0v) is 12.0. The number of amides is 1. The van der Waals surface area contributed by atoms with Gasteiger partial charge in [0.05, 0.1) is 4.88 Å². The Hall–Kier alpha value is -2.01. The van der Waals surface area contributed by atoms with E-state index in [1.165, 1.54) is 16.2 Å². The highest BCUT2D eigenvalue weighted by atomic mass is 32.1. The van der Waals surface area contributed by atoms with Crippen molar-refractivity contribution in [1.29, 1.82) is 0 Å². The van der Waals surface area contributed by atoms with Gasteiger partial charge in [-0.2, -0.15) is 0 Å². The highest BCUT2D eigenvalue weighted by molar-refractivity contribution is 7.14. The maximum Gasteiger partial charge on any atom is 0.265 e. The van der Waals surface area contributed by atoms with Crippen molar-refractivity contribution in [3.8, 4) is 11.5 Å². The van der Waals surface area contributed by atoms with Gasteiger partial charge in [0.25, 0.3) is 5.91 Å². The highest BCUT2D eigenvalue weighted by Crippen LogP contribution is 2.32. The van der Waals surface area contributed by atoms with Crippen LogP contribution < -0.4 is 14.8 Å². The first-order valence-electron chi connectivity index (χ1n) is 6.56. The van der Waals surface area contributed by atoms with Crippen LogP contribution in [0.1, 0.15) is 21.5 Å². The average Bonchev–Trinajstić information content (AvgIpc) is 2.96. The third-order valence-corrected chi connectivity index (χ3v) is 4.26. The van der Waals surface area contributed by atoms with E-state index in [1.54, 1.807) is 6.07 Å². The Bertz CT molecular complexity index is 636. The standard InChI is InChI=1S/C15H15NO3S/c1-2-11-4-6-14(20-11)15(17)16-10-3-5-12-13(9-10)19-8-7-18-12/h3-6,9H,2,7-8H2,1H3,(H,16,17). The number of carbonyl (C=O) groups is 1. The Kier molecular flexibility index (Phi) is 3.60. The first-order chi connectivity index (χ1) is 9.76. The van der Waals surface area contributed by atoms with Gasteiger partial charge in [0, 0.05) is 16.6 Å². The van der Waals surface area contributed by atoms with E-state index in [9.17, 15) is 4.79 Å². The van der Waals surface area contributed by atoms with Crippen molar-refractivity contribution in [1.82, 2.24) is 0 Å². The molecule has 0 unspecified atom stereocenters. The normalized spacial score (nSPS) is 13.1. The molecule has 0 saturated carbocycles. The first-order valence-corrected chi connectivity index (χ1v) is 7.37. The monoisotopic (exact) mass is 289 g/mol. The molecule has 0 aliphatic carbocycles. The molecule has 1 aliphatic heterocycles. The molecular formula is C15H15NO3S. The summed E-state index contributed by atoms with van der Waals surface area (Å²) in [5.41, 5.74) is 0.714. The minimum Gasteiger partial charge on any atom is -0.486 e. The zero-order valence-electron chi connectivity index (χ0n) is 11.1. The molecule has 0 atom stereocenters. The number of anilines is 1. The minimum atomic E-state index is -0.0913. The molecule has 104 valence electrons. The van der Waals surface area contributed by atoms with Crippen LogP contribution >= 0.6 is 11.3 Å². The summed E-state index contributed by atoms with van der Waals surface area (Å²) in [5, 5.41) is 2.88. The smallest absolute Gasteiger partial charge is 0.265 e. The van der Waals surface area contributed by atoms with Crippen LogP contribution in [0.2, 0.25) is 0 Å². The summed E-state index contributed by atoms with van der Waals surface area (Å²) >= 11 is 1.52. The lowest BCUT2D eigenvalue weighted by Gasteiger charge is -2.18. The van der Waals surface area contributed by atoms with Crippen molar-refractivity contribution in [2.75, 3.05) is 18.5 Å². The van der Waals surface area contributed by atoms with Gasteiger partial charge in [0.15, 0.2) is 11.5 Å². The predicted octanol–water partition coefficient (Wildman–Crippen LogP) is 3.33. The van der Waals surface area contributed by atoms with Gasteiger partial charge >= 0.3 is 0 Å². The number of thiophene rings is 1. The SMILES string of the molecule is CCc1ccc(C(=O)Nc2ccc3c(c2)OCCO3)s1. The maximum atomic E-state index is 12.1. The summed E-state index contributed by atoms with van der Waals surface area (Å²) in [7, 11) is 0. The third-order valence-electron chi connectivity index (χ3n) is 3.03. The fourth-order valence-corrected chi connectivity index (χ4v) is 2.85. The Morgan fingerprint density at radius 1 is 1.20 bits per heavy atom. The van der Waals surface area contributed by atoms with Crippen LogP contribution in [-0.4, -0.2) is 19.1 Å². The van der Waals surface area contributed by atoms with Crippen LogP contribution in [0.3, 0.4) is 0 Å². The van der Waals surface area contributed by atoms with Crippen molar-refractivity contribution in [3.63, 3.8) is 0 Å². The molecule has 0 spiro atoms. The van der Waals surface area contributed by atoms with E-state index in [0.717, 1.165) is 17.0 Å². The predicted molar refractivity (Wildman–Crippen MR) is 79.1 cm³/mol. The van der Waals surface area contributed by atoms with Crippen LogP contribution in [0.15, 0.2) is 30.3 Å². The number of carbonyl (C=O) groups excluding carboxylic acids is 1. The Labute approximate surface area is 121 Å². The van der Waals surface area contributed by atoms with E-state index in [4.69, 9.17) is 9.47 Å². The first kappa shape index (κ1) is 13.0. The Morgan fingerprint density at radius 2 is 2.00 bits per heavy atom. The van der Waals surface area contributed by atoms with Crippen LogP contribution in [0.25, 0.3) is 0 Å². The molecular weight excluding hydrogens is 274 g/mol. The lowest BCUT2D eigenvalue weighted by atomic mass is 10.2. The van der Waals surface area contributed by atoms with Crippen molar-refractivity contribution >= 4 is 22.9 Å². The molecule has 3 rings (SSSR count). The van der Waals surface area contributed by atoms with E-state index < -0.39 is 0 Å². The van der Waals surface area contributed by atoms with E-state index in [-0.39, 0.29) is 5.91 Å². The Balaban J connectivity index is 1.75. The van der Waals surface area contributed by atoms with Crippen LogP contribution in [0, 0.1) is 0 Å².